The lowest BCUT2D eigenvalue weighted by Gasteiger charge is -2.18. The normalized spacial score (nSPS) is 11.1. The van der Waals surface area contributed by atoms with Gasteiger partial charge in [0.15, 0.2) is 0 Å². The minimum absolute atomic E-state index is 0.0493. The van der Waals surface area contributed by atoms with Crippen molar-refractivity contribution in [3.63, 3.8) is 0 Å². The Balaban J connectivity index is 1.69. The molecule has 152 valence electrons. The van der Waals surface area contributed by atoms with E-state index < -0.39 is 0 Å². The molecule has 0 aliphatic carbocycles. The van der Waals surface area contributed by atoms with Crippen molar-refractivity contribution in [3.8, 4) is 5.69 Å². The Labute approximate surface area is 177 Å². The molecule has 1 amide bonds. The van der Waals surface area contributed by atoms with Crippen LogP contribution in [0.5, 0.6) is 0 Å². The highest BCUT2D eigenvalue weighted by Gasteiger charge is 2.18. The number of benzene rings is 2. The Hall–Kier alpha value is -2.63. The quantitative estimate of drug-likeness (QED) is 0.633. The van der Waals surface area contributed by atoms with Crippen LogP contribution in [0.15, 0.2) is 42.5 Å². The number of amides is 1. The number of aryl methyl sites for hydroxylation is 4. The molecule has 0 radical (unpaired) electrons. The van der Waals surface area contributed by atoms with Crippen LogP contribution < -0.4 is 5.32 Å². The highest BCUT2D eigenvalue weighted by Crippen LogP contribution is 2.25. The van der Waals surface area contributed by atoms with E-state index in [4.69, 9.17) is 11.6 Å². The minimum atomic E-state index is -0.0493. The molecule has 0 fully saturated rings. The van der Waals surface area contributed by atoms with Gasteiger partial charge in [0.1, 0.15) is 5.15 Å². The van der Waals surface area contributed by atoms with Gasteiger partial charge in [0.2, 0.25) is 5.91 Å². The first-order valence-electron chi connectivity index (χ1n) is 9.62. The van der Waals surface area contributed by atoms with E-state index in [1.54, 1.807) is 4.68 Å². The lowest BCUT2D eigenvalue weighted by molar-refractivity contribution is -0.117. The molecule has 1 heterocycles. The maximum Gasteiger partial charge on any atom is 0.238 e. The van der Waals surface area contributed by atoms with Crippen LogP contribution in [-0.2, 0) is 11.3 Å². The van der Waals surface area contributed by atoms with Crippen molar-refractivity contribution < 1.29 is 4.79 Å². The maximum absolute atomic E-state index is 12.6. The molecule has 0 saturated heterocycles. The first kappa shape index (κ1) is 21.1. The van der Waals surface area contributed by atoms with Gasteiger partial charge in [-0.05, 0) is 58.0 Å². The van der Waals surface area contributed by atoms with Crippen LogP contribution in [0.2, 0.25) is 5.15 Å². The molecule has 0 aliphatic heterocycles. The van der Waals surface area contributed by atoms with Crippen molar-refractivity contribution in [1.82, 2.24) is 14.7 Å². The van der Waals surface area contributed by atoms with Crippen LogP contribution in [0.3, 0.4) is 0 Å². The fourth-order valence-electron chi connectivity index (χ4n) is 3.58. The topological polar surface area (TPSA) is 50.2 Å². The first-order chi connectivity index (χ1) is 13.8. The Kier molecular flexibility index (Phi) is 6.40. The zero-order valence-electron chi connectivity index (χ0n) is 17.6. The third-order valence-electron chi connectivity index (χ3n) is 4.91. The van der Waals surface area contributed by atoms with Gasteiger partial charge >= 0.3 is 0 Å². The number of nitrogens with one attached hydrogen (secondary N) is 1. The fraction of sp³-hybridized carbons (Fsp3) is 0.304. The van der Waals surface area contributed by atoms with Crippen molar-refractivity contribution in [2.45, 2.75) is 34.2 Å². The monoisotopic (exact) mass is 410 g/mol. The molecule has 0 unspecified atom stereocenters. The summed E-state index contributed by atoms with van der Waals surface area (Å²) in [6.07, 6.45) is 0. The number of hydrogen-bond acceptors (Lipinski definition) is 3. The first-order valence-corrected chi connectivity index (χ1v) is 9.99. The number of anilines is 1. The number of nitrogens with zero attached hydrogens (tertiary/aromatic N) is 3. The third kappa shape index (κ3) is 4.86. The molecule has 0 bridgehead atoms. The molecule has 3 aromatic rings. The molecule has 0 atom stereocenters. The Bertz CT molecular complexity index is 1000. The maximum atomic E-state index is 12.6. The average Bonchev–Trinajstić information content (AvgIpc) is 2.93. The highest BCUT2D eigenvalue weighted by molar-refractivity contribution is 6.30. The average molecular weight is 411 g/mol. The fourth-order valence-corrected chi connectivity index (χ4v) is 3.91. The van der Waals surface area contributed by atoms with Crippen LogP contribution in [0.25, 0.3) is 5.69 Å². The molecule has 6 heteroatoms. The molecule has 0 spiro atoms. The molecule has 0 saturated carbocycles. The summed E-state index contributed by atoms with van der Waals surface area (Å²) in [6.45, 7) is 8.82. The van der Waals surface area contributed by atoms with Gasteiger partial charge in [-0.15, -0.1) is 0 Å². The smallest absolute Gasteiger partial charge is 0.238 e. The van der Waals surface area contributed by atoms with Crippen LogP contribution in [-0.4, -0.2) is 34.2 Å². The van der Waals surface area contributed by atoms with Gasteiger partial charge in [0.05, 0.1) is 17.9 Å². The van der Waals surface area contributed by atoms with Crippen molar-refractivity contribution in [1.29, 1.82) is 0 Å². The van der Waals surface area contributed by atoms with E-state index in [0.29, 0.717) is 11.7 Å². The SMILES string of the molecule is Cc1cc(C)c(NC(=O)CN(C)Cc2c(C)nn(-c3ccccc3)c2Cl)c(C)c1. The Morgan fingerprint density at radius 2 is 1.72 bits per heavy atom. The molecule has 1 aromatic heterocycles. The van der Waals surface area contributed by atoms with E-state index in [1.165, 1.54) is 5.56 Å². The van der Waals surface area contributed by atoms with Gasteiger partial charge in [-0.25, -0.2) is 4.68 Å². The number of rotatable bonds is 6. The molecule has 3 rings (SSSR count). The van der Waals surface area contributed by atoms with Crippen LogP contribution in [0.4, 0.5) is 5.69 Å². The zero-order valence-corrected chi connectivity index (χ0v) is 18.3. The predicted octanol–water partition coefficient (Wildman–Crippen LogP) is 4.83. The van der Waals surface area contributed by atoms with E-state index >= 15 is 0 Å². The van der Waals surface area contributed by atoms with Gasteiger partial charge in [0, 0.05) is 17.8 Å². The van der Waals surface area contributed by atoms with Gasteiger partial charge < -0.3 is 5.32 Å². The number of carbonyl (C=O) groups excluding carboxylic acids is 1. The second-order valence-electron chi connectivity index (χ2n) is 7.60. The number of aromatic nitrogens is 2. The molecule has 0 aliphatic rings. The molecule has 29 heavy (non-hydrogen) atoms. The van der Waals surface area contributed by atoms with Crippen LogP contribution in [0, 0.1) is 27.7 Å². The van der Waals surface area contributed by atoms with Crippen LogP contribution in [0.1, 0.15) is 27.9 Å². The predicted molar refractivity (Wildman–Crippen MR) is 119 cm³/mol. The molecular weight excluding hydrogens is 384 g/mol. The molecule has 5 nitrogen and oxygen atoms in total. The van der Waals surface area contributed by atoms with Crippen molar-refractivity contribution in [3.05, 3.63) is 75.6 Å². The Morgan fingerprint density at radius 3 is 2.34 bits per heavy atom. The van der Waals surface area contributed by atoms with E-state index in [1.807, 2.05) is 63.1 Å². The van der Waals surface area contributed by atoms with E-state index in [9.17, 15) is 4.79 Å². The third-order valence-corrected chi connectivity index (χ3v) is 5.29. The Morgan fingerprint density at radius 1 is 1.10 bits per heavy atom. The van der Waals surface area contributed by atoms with Gasteiger partial charge in [0.25, 0.3) is 0 Å². The molecular formula is C23H27ClN4O. The van der Waals surface area contributed by atoms with Crippen molar-refractivity contribution >= 4 is 23.2 Å². The molecule has 2 aromatic carbocycles. The number of para-hydroxylation sites is 1. The number of hydrogen-bond donors (Lipinski definition) is 1. The zero-order chi connectivity index (χ0) is 21.1. The van der Waals surface area contributed by atoms with Gasteiger partial charge in [-0.1, -0.05) is 47.5 Å². The van der Waals surface area contributed by atoms with E-state index in [0.717, 1.165) is 33.8 Å². The van der Waals surface area contributed by atoms with Crippen LogP contribution >= 0.6 is 11.6 Å². The van der Waals surface area contributed by atoms with Gasteiger partial charge in [-0.3, -0.25) is 9.69 Å². The summed E-state index contributed by atoms with van der Waals surface area (Å²) >= 11 is 6.60. The highest BCUT2D eigenvalue weighted by atomic mass is 35.5. The second kappa shape index (κ2) is 8.80. The largest absolute Gasteiger partial charge is 0.324 e. The van der Waals surface area contributed by atoms with Gasteiger partial charge in [-0.2, -0.15) is 5.10 Å². The number of carbonyl (C=O) groups is 1. The summed E-state index contributed by atoms with van der Waals surface area (Å²) in [6, 6.07) is 13.9. The van der Waals surface area contributed by atoms with Crippen molar-refractivity contribution in [2.75, 3.05) is 18.9 Å². The van der Waals surface area contributed by atoms with E-state index in [-0.39, 0.29) is 12.5 Å². The summed E-state index contributed by atoms with van der Waals surface area (Å²) in [5.74, 6) is -0.0493. The summed E-state index contributed by atoms with van der Waals surface area (Å²) in [7, 11) is 1.91. The molecule has 1 N–H and O–H groups in total. The summed E-state index contributed by atoms with van der Waals surface area (Å²) in [5.41, 5.74) is 6.92. The summed E-state index contributed by atoms with van der Waals surface area (Å²) in [5, 5.41) is 8.19. The minimum Gasteiger partial charge on any atom is -0.324 e. The standard InChI is InChI=1S/C23H27ClN4O/c1-15-11-16(2)22(17(3)12-15)25-21(29)14-27(5)13-20-18(4)26-28(23(20)24)19-9-7-6-8-10-19/h6-12H,13-14H2,1-5H3,(H,25,29). The lowest BCUT2D eigenvalue weighted by Crippen LogP contribution is -2.30. The second-order valence-corrected chi connectivity index (χ2v) is 7.95. The van der Waals surface area contributed by atoms with Crippen molar-refractivity contribution in [2.24, 2.45) is 0 Å². The number of likely N-dealkylation sites (N-methyl/N-ethyl adjacent to an activating group) is 1. The number of halogens is 1. The summed E-state index contributed by atoms with van der Waals surface area (Å²) < 4.78 is 1.74. The summed E-state index contributed by atoms with van der Waals surface area (Å²) in [4.78, 5) is 14.5. The lowest BCUT2D eigenvalue weighted by atomic mass is 10.1. The van der Waals surface area contributed by atoms with E-state index in [2.05, 4.69) is 29.5 Å².